The predicted octanol–water partition coefficient (Wildman–Crippen LogP) is 1.71. The second-order valence-corrected chi connectivity index (χ2v) is 4.78. The van der Waals surface area contributed by atoms with Crippen molar-refractivity contribution in [3.05, 3.63) is 36.3 Å². The number of methoxy groups -OCH3 is 1. The Balaban J connectivity index is 2.00. The summed E-state index contributed by atoms with van der Waals surface area (Å²) in [4.78, 5) is 21.8. The Kier molecular flexibility index (Phi) is 5.29. The lowest BCUT2D eigenvalue weighted by Gasteiger charge is -2.16. The first kappa shape index (κ1) is 16.5. The van der Waals surface area contributed by atoms with Crippen molar-refractivity contribution < 1.29 is 18.7 Å². The van der Waals surface area contributed by atoms with Gasteiger partial charge in [-0.2, -0.15) is 4.98 Å². The molecule has 1 amide bonds. The predicted molar refractivity (Wildman–Crippen MR) is 83.4 cm³/mol. The number of anilines is 2. The molecule has 1 N–H and O–H groups in total. The summed E-state index contributed by atoms with van der Waals surface area (Å²) in [6.45, 7) is -0.218. The zero-order valence-corrected chi connectivity index (χ0v) is 13.0. The highest BCUT2D eigenvalue weighted by atomic mass is 19.1. The minimum atomic E-state index is -0.383. The zero-order valence-electron chi connectivity index (χ0n) is 13.0. The van der Waals surface area contributed by atoms with E-state index in [1.807, 2.05) is 0 Å². The maximum absolute atomic E-state index is 12.8. The Morgan fingerprint density at radius 3 is 2.61 bits per heavy atom. The number of hydrogen-bond acceptors (Lipinski definition) is 6. The average Bonchev–Trinajstić information content (AvgIpc) is 2.54. The minimum absolute atomic E-state index is 0.203. The molecule has 122 valence electrons. The normalized spacial score (nSPS) is 10.1. The van der Waals surface area contributed by atoms with E-state index < -0.39 is 0 Å². The van der Waals surface area contributed by atoms with E-state index in [1.54, 1.807) is 19.0 Å². The van der Waals surface area contributed by atoms with E-state index in [4.69, 9.17) is 9.47 Å². The SMILES string of the molecule is COc1ncc(NC(=O)COc2ccc(F)cc2)c(N(C)C)n1. The zero-order chi connectivity index (χ0) is 16.8. The summed E-state index contributed by atoms with van der Waals surface area (Å²) < 4.78 is 23.0. The Morgan fingerprint density at radius 2 is 2.00 bits per heavy atom. The molecule has 23 heavy (non-hydrogen) atoms. The van der Waals surface area contributed by atoms with E-state index in [9.17, 15) is 9.18 Å². The van der Waals surface area contributed by atoms with E-state index in [0.717, 1.165) is 0 Å². The Labute approximate surface area is 133 Å². The van der Waals surface area contributed by atoms with Gasteiger partial charge in [-0.1, -0.05) is 0 Å². The van der Waals surface area contributed by atoms with Crippen molar-refractivity contribution in [3.63, 3.8) is 0 Å². The number of carbonyl (C=O) groups excluding carboxylic acids is 1. The Morgan fingerprint density at radius 1 is 1.30 bits per heavy atom. The number of ether oxygens (including phenoxy) is 2. The van der Waals surface area contributed by atoms with Crippen LogP contribution in [0.25, 0.3) is 0 Å². The number of nitrogens with one attached hydrogen (secondary N) is 1. The molecule has 1 heterocycles. The molecule has 0 aliphatic heterocycles. The molecule has 0 aliphatic carbocycles. The van der Waals surface area contributed by atoms with Gasteiger partial charge in [-0.15, -0.1) is 0 Å². The Bertz CT molecular complexity index is 677. The van der Waals surface area contributed by atoms with Crippen LogP contribution in [-0.4, -0.2) is 43.7 Å². The largest absolute Gasteiger partial charge is 0.484 e. The van der Waals surface area contributed by atoms with Crippen molar-refractivity contribution in [1.82, 2.24) is 9.97 Å². The van der Waals surface area contributed by atoms with Crippen LogP contribution in [0.2, 0.25) is 0 Å². The topological polar surface area (TPSA) is 76.6 Å². The van der Waals surface area contributed by atoms with Gasteiger partial charge in [-0.25, -0.2) is 9.37 Å². The molecule has 1 aromatic carbocycles. The molecule has 0 spiro atoms. The van der Waals surface area contributed by atoms with Crippen LogP contribution in [0.15, 0.2) is 30.5 Å². The van der Waals surface area contributed by atoms with Crippen LogP contribution in [0.3, 0.4) is 0 Å². The van der Waals surface area contributed by atoms with Crippen LogP contribution in [0, 0.1) is 5.82 Å². The number of amides is 1. The highest BCUT2D eigenvalue weighted by Gasteiger charge is 2.13. The van der Waals surface area contributed by atoms with Gasteiger partial charge in [0.15, 0.2) is 12.4 Å². The number of aromatic nitrogens is 2. The van der Waals surface area contributed by atoms with Gasteiger partial charge in [0, 0.05) is 14.1 Å². The van der Waals surface area contributed by atoms with Gasteiger partial charge in [0.1, 0.15) is 17.3 Å². The fourth-order valence-corrected chi connectivity index (χ4v) is 1.75. The van der Waals surface area contributed by atoms with Gasteiger partial charge < -0.3 is 19.7 Å². The maximum Gasteiger partial charge on any atom is 0.318 e. The summed E-state index contributed by atoms with van der Waals surface area (Å²) in [5.74, 6) is 0.159. The van der Waals surface area contributed by atoms with Crippen LogP contribution >= 0.6 is 0 Å². The molecule has 0 aliphatic rings. The maximum atomic E-state index is 12.8. The fourth-order valence-electron chi connectivity index (χ4n) is 1.75. The highest BCUT2D eigenvalue weighted by molar-refractivity contribution is 5.94. The van der Waals surface area contributed by atoms with Crippen LogP contribution in [0.5, 0.6) is 11.8 Å². The van der Waals surface area contributed by atoms with Crippen molar-refractivity contribution >= 4 is 17.4 Å². The highest BCUT2D eigenvalue weighted by Crippen LogP contribution is 2.22. The minimum Gasteiger partial charge on any atom is -0.484 e. The molecule has 0 atom stereocenters. The van der Waals surface area contributed by atoms with Gasteiger partial charge in [0.2, 0.25) is 0 Å². The van der Waals surface area contributed by atoms with Gasteiger partial charge in [-0.3, -0.25) is 4.79 Å². The second kappa shape index (κ2) is 7.39. The van der Waals surface area contributed by atoms with Gasteiger partial charge >= 0.3 is 6.01 Å². The van der Waals surface area contributed by atoms with Crippen LogP contribution in [0.1, 0.15) is 0 Å². The van der Waals surface area contributed by atoms with Crippen molar-refractivity contribution in [2.45, 2.75) is 0 Å². The van der Waals surface area contributed by atoms with Gasteiger partial charge in [-0.05, 0) is 24.3 Å². The first-order valence-corrected chi connectivity index (χ1v) is 6.76. The summed E-state index contributed by atoms with van der Waals surface area (Å²) >= 11 is 0. The molecule has 2 aromatic rings. The number of benzene rings is 1. The molecule has 0 saturated carbocycles. The van der Waals surface area contributed by atoms with E-state index in [-0.39, 0.29) is 24.3 Å². The number of hydrogen-bond donors (Lipinski definition) is 1. The van der Waals surface area contributed by atoms with Crippen molar-refractivity contribution in [2.75, 3.05) is 38.0 Å². The third-order valence-electron chi connectivity index (χ3n) is 2.81. The van der Waals surface area contributed by atoms with E-state index in [0.29, 0.717) is 17.3 Å². The quantitative estimate of drug-likeness (QED) is 0.873. The lowest BCUT2D eigenvalue weighted by Crippen LogP contribution is -2.23. The van der Waals surface area contributed by atoms with Crippen molar-refractivity contribution in [3.8, 4) is 11.8 Å². The smallest absolute Gasteiger partial charge is 0.318 e. The first-order chi connectivity index (χ1) is 11.0. The number of nitrogens with zero attached hydrogens (tertiary/aromatic N) is 3. The summed E-state index contributed by atoms with van der Waals surface area (Å²) in [7, 11) is 5.03. The first-order valence-electron chi connectivity index (χ1n) is 6.76. The molecule has 0 fully saturated rings. The van der Waals surface area contributed by atoms with E-state index in [2.05, 4.69) is 15.3 Å². The molecule has 1 aromatic heterocycles. The standard InChI is InChI=1S/C15H17FN4O3/c1-20(2)14-12(8-17-15(19-14)22-3)18-13(21)9-23-11-6-4-10(16)5-7-11/h4-8H,9H2,1-3H3,(H,18,21). The lowest BCUT2D eigenvalue weighted by atomic mass is 10.3. The monoisotopic (exact) mass is 320 g/mol. The summed E-state index contributed by atoms with van der Waals surface area (Å²) in [5.41, 5.74) is 0.434. The fraction of sp³-hybridized carbons (Fsp3) is 0.267. The second-order valence-electron chi connectivity index (χ2n) is 4.78. The third-order valence-corrected chi connectivity index (χ3v) is 2.81. The third kappa shape index (κ3) is 4.53. The molecular formula is C15H17FN4O3. The number of halogens is 1. The average molecular weight is 320 g/mol. The molecule has 7 nitrogen and oxygen atoms in total. The van der Waals surface area contributed by atoms with E-state index >= 15 is 0 Å². The molecule has 0 radical (unpaired) electrons. The van der Waals surface area contributed by atoms with Gasteiger partial charge in [0.25, 0.3) is 5.91 Å². The molecular weight excluding hydrogens is 303 g/mol. The van der Waals surface area contributed by atoms with Crippen LogP contribution in [0.4, 0.5) is 15.9 Å². The number of rotatable bonds is 6. The van der Waals surface area contributed by atoms with Gasteiger partial charge in [0.05, 0.1) is 13.3 Å². The molecule has 0 saturated heterocycles. The molecule has 0 bridgehead atoms. The summed E-state index contributed by atoms with van der Waals surface area (Å²) in [6, 6.07) is 5.62. The molecule has 2 rings (SSSR count). The lowest BCUT2D eigenvalue weighted by molar-refractivity contribution is -0.118. The molecule has 0 unspecified atom stereocenters. The Hall–Kier alpha value is -2.90. The summed E-state index contributed by atoms with van der Waals surface area (Å²) in [5, 5.41) is 2.66. The summed E-state index contributed by atoms with van der Waals surface area (Å²) in [6.07, 6.45) is 1.46. The van der Waals surface area contributed by atoms with Crippen LogP contribution in [-0.2, 0) is 4.79 Å². The number of carbonyl (C=O) groups is 1. The van der Waals surface area contributed by atoms with Crippen LogP contribution < -0.4 is 19.7 Å². The molecule has 8 heteroatoms. The van der Waals surface area contributed by atoms with Crippen molar-refractivity contribution in [1.29, 1.82) is 0 Å². The van der Waals surface area contributed by atoms with Crippen molar-refractivity contribution in [2.24, 2.45) is 0 Å². The van der Waals surface area contributed by atoms with E-state index in [1.165, 1.54) is 37.6 Å².